The van der Waals surface area contributed by atoms with Gasteiger partial charge in [0, 0.05) is 31.1 Å². The van der Waals surface area contributed by atoms with E-state index in [1.54, 1.807) is 0 Å². The number of amides is 3. The van der Waals surface area contributed by atoms with Crippen molar-refractivity contribution in [2.75, 3.05) is 31.1 Å². The van der Waals surface area contributed by atoms with Crippen LogP contribution in [0, 0.1) is 5.41 Å². The van der Waals surface area contributed by atoms with Crippen LogP contribution in [0.25, 0.3) is 0 Å². The first kappa shape index (κ1) is 20.1. The normalized spacial score (nSPS) is 20.6. The average molecular weight is 370 g/mol. The van der Waals surface area contributed by atoms with Crippen molar-refractivity contribution in [1.82, 2.24) is 15.5 Å². The quantitative estimate of drug-likeness (QED) is 0.680. The van der Waals surface area contributed by atoms with Gasteiger partial charge in [-0.15, -0.1) is 11.8 Å². The summed E-state index contributed by atoms with van der Waals surface area (Å²) in [5.41, 5.74) is -0.287. The second-order valence-corrected chi connectivity index (χ2v) is 8.66. The van der Waals surface area contributed by atoms with Gasteiger partial charge in [0.1, 0.15) is 0 Å². The summed E-state index contributed by atoms with van der Waals surface area (Å²) in [6.07, 6.45) is 6.47. The summed E-state index contributed by atoms with van der Waals surface area (Å²) in [5.74, 6) is 0.708. The summed E-state index contributed by atoms with van der Waals surface area (Å²) in [5, 5.41) is 5.85. The Hall–Kier alpha value is -1.24. The highest BCUT2D eigenvalue weighted by atomic mass is 32.2. The minimum Gasteiger partial charge on any atom is -0.354 e. The van der Waals surface area contributed by atoms with Crippen molar-refractivity contribution < 1.29 is 14.4 Å². The third-order valence-electron chi connectivity index (χ3n) is 4.99. The molecule has 2 fully saturated rings. The van der Waals surface area contributed by atoms with E-state index in [0.717, 1.165) is 32.2 Å². The molecule has 2 rings (SSSR count). The second kappa shape index (κ2) is 9.46. The summed E-state index contributed by atoms with van der Waals surface area (Å²) in [6.45, 7) is 5.76. The smallest absolute Gasteiger partial charge is 0.230 e. The number of likely N-dealkylation sites (tertiary alicyclic amines) is 1. The summed E-state index contributed by atoms with van der Waals surface area (Å²) in [7, 11) is 0. The highest BCUT2D eigenvalue weighted by Gasteiger charge is 2.35. The predicted molar refractivity (Wildman–Crippen MR) is 100 cm³/mol. The molecule has 1 saturated carbocycles. The van der Waals surface area contributed by atoms with E-state index in [1.165, 1.54) is 24.6 Å². The molecule has 0 radical (unpaired) electrons. The maximum absolute atomic E-state index is 12.3. The van der Waals surface area contributed by atoms with Gasteiger partial charge in [0.2, 0.25) is 17.7 Å². The molecule has 2 N–H and O–H groups in total. The Bertz CT molecular complexity index is 490. The van der Waals surface area contributed by atoms with Crippen LogP contribution in [0.2, 0.25) is 0 Å². The van der Waals surface area contributed by atoms with E-state index in [1.807, 2.05) is 18.7 Å². The molecular formula is C18H31N3O3S. The summed E-state index contributed by atoms with van der Waals surface area (Å²) in [6, 6.07) is 0.327. The molecule has 0 atom stereocenters. The Labute approximate surface area is 154 Å². The first-order chi connectivity index (χ1) is 11.9. The molecule has 6 nitrogen and oxygen atoms in total. The van der Waals surface area contributed by atoms with Crippen LogP contribution in [-0.2, 0) is 14.4 Å². The number of piperidine rings is 1. The molecule has 0 aromatic carbocycles. The fraction of sp³-hybridized carbons (Fsp3) is 0.833. The van der Waals surface area contributed by atoms with Crippen LogP contribution >= 0.6 is 11.8 Å². The number of hydrogen-bond donors (Lipinski definition) is 2. The van der Waals surface area contributed by atoms with Crippen molar-refractivity contribution in [2.45, 2.75) is 58.4 Å². The Morgan fingerprint density at radius 1 is 1.16 bits per heavy atom. The fourth-order valence-corrected chi connectivity index (χ4v) is 4.18. The predicted octanol–water partition coefficient (Wildman–Crippen LogP) is 1.54. The third-order valence-corrected chi connectivity index (χ3v) is 5.92. The van der Waals surface area contributed by atoms with E-state index in [4.69, 9.17) is 0 Å². The van der Waals surface area contributed by atoms with Crippen LogP contribution in [0.4, 0.5) is 0 Å². The molecular weight excluding hydrogens is 338 g/mol. The van der Waals surface area contributed by atoms with Gasteiger partial charge in [-0.3, -0.25) is 14.4 Å². The Balaban J connectivity index is 1.55. The van der Waals surface area contributed by atoms with Gasteiger partial charge in [-0.05, 0) is 25.7 Å². The molecule has 0 spiro atoms. The van der Waals surface area contributed by atoms with E-state index in [9.17, 15) is 14.4 Å². The second-order valence-electron chi connectivity index (χ2n) is 7.67. The molecule has 1 heterocycles. The number of carbonyl (C=O) groups is 3. The minimum atomic E-state index is -0.287. The molecule has 142 valence electrons. The Morgan fingerprint density at radius 3 is 2.56 bits per heavy atom. The van der Waals surface area contributed by atoms with E-state index in [0.29, 0.717) is 24.9 Å². The molecule has 0 aromatic rings. The summed E-state index contributed by atoms with van der Waals surface area (Å²) >= 11 is 1.33. The van der Waals surface area contributed by atoms with Gasteiger partial charge in [0.15, 0.2) is 0 Å². The zero-order valence-corrected chi connectivity index (χ0v) is 16.3. The van der Waals surface area contributed by atoms with Crippen LogP contribution in [0.1, 0.15) is 52.4 Å². The number of nitrogens with zero attached hydrogens (tertiary/aromatic N) is 1. The first-order valence-corrected chi connectivity index (χ1v) is 10.5. The average Bonchev–Trinajstić information content (AvgIpc) is 3.04. The lowest BCUT2D eigenvalue weighted by Gasteiger charge is -2.37. The van der Waals surface area contributed by atoms with Crippen LogP contribution in [-0.4, -0.2) is 59.8 Å². The molecule has 2 aliphatic rings. The zero-order valence-electron chi connectivity index (χ0n) is 15.4. The van der Waals surface area contributed by atoms with E-state index >= 15 is 0 Å². The highest BCUT2D eigenvalue weighted by molar-refractivity contribution is 8.00. The van der Waals surface area contributed by atoms with Gasteiger partial charge in [0.25, 0.3) is 0 Å². The lowest BCUT2D eigenvalue weighted by molar-refractivity contribution is -0.144. The number of thioether (sulfide) groups is 1. The molecule has 1 aliphatic heterocycles. The fourth-order valence-electron chi connectivity index (χ4n) is 3.52. The van der Waals surface area contributed by atoms with Gasteiger partial charge in [-0.1, -0.05) is 26.7 Å². The molecule has 0 unspecified atom stereocenters. The van der Waals surface area contributed by atoms with Gasteiger partial charge in [-0.25, -0.2) is 0 Å². The highest BCUT2D eigenvalue weighted by Crippen LogP contribution is 2.29. The number of rotatable bonds is 8. The van der Waals surface area contributed by atoms with Crippen molar-refractivity contribution in [3.05, 3.63) is 0 Å². The molecule has 7 heteroatoms. The SMILES string of the molecule is CC1(C)CCCN(CCNC(=O)CSCC(=O)NC2CCCC2)C1=O. The summed E-state index contributed by atoms with van der Waals surface area (Å²) in [4.78, 5) is 37.8. The number of hydrogen-bond acceptors (Lipinski definition) is 4. The van der Waals surface area contributed by atoms with Crippen molar-refractivity contribution >= 4 is 29.5 Å². The van der Waals surface area contributed by atoms with Crippen LogP contribution in [0.15, 0.2) is 0 Å². The minimum absolute atomic E-state index is 0.0193. The molecule has 3 amide bonds. The van der Waals surface area contributed by atoms with Crippen LogP contribution in [0.3, 0.4) is 0 Å². The van der Waals surface area contributed by atoms with Crippen molar-refractivity contribution in [3.8, 4) is 0 Å². The Morgan fingerprint density at radius 2 is 1.84 bits per heavy atom. The van der Waals surface area contributed by atoms with Gasteiger partial charge >= 0.3 is 0 Å². The molecule has 1 saturated heterocycles. The van der Waals surface area contributed by atoms with Crippen molar-refractivity contribution in [2.24, 2.45) is 5.41 Å². The first-order valence-electron chi connectivity index (χ1n) is 9.32. The maximum Gasteiger partial charge on any atom is 0.230 e. The number of carbonyl (C=O) groups excluding carboxylic acids is 3. The van der Waals surface area contributed by atoms with E-state index in [-0.39, 0.29) is 28.9 Å². The summed E-state index contributed by atoms with van der Waals surface area (Å²) < 4.78 is 0. The molecule has 25 heavy (non-hydrogen) atoms. The zero-order chi connectivity index (χ0) is 18.3. The monoisotopic (exact) mass is 369 g/mol. The number of nitrogens with one attached hydrogen (secondary N) is 2. The van der Waals surface area contributed by atoms with Gasteiger partial charge in [0.05, 0.1) is 11.5 Å². The van der Waals surface area contributed by atoms with Crippen LogP contribution in [0.5, 0.6) is 0 Å². The maximum atomic E-state index is 12.3. The standard InChI is InChI=1S/C18H31N3O3S/c1-18(2)8-5-10-21(17(18)24)11-9-19-15(22)12-25-13-16(23)20-14-6-3-4-7-14/h14H,3-13H2,1-2H3,(H,19,22)(H,20,23). The lowest BCUT2D eigenvalue weighted by atomic mass is 9.83. The lowest BCUT2D eigenvalue weighted by Crippen LogP contribution is -2.48. The molecule has 0 aromatic heterocycles. The third kappa shape index (κ3) is 6.53. The molecule has 0 bridgehead atoms. The van der Waals surface area contributed by atoms with Crippen LogP contribution < -0.4 is 10.6 Å². The molecule has 1 aliphatic carbocycles. The van der Waals surface area contributed by atoms with E-state index in [2.05, 4.69) is 10.6 Å². The Kier molecular flexibility index (Phi) is 7.59. The van der Waals surface area contributed by atoms with Gasteiger partial charge in [-0.2, -0.15) is 0 Å². The topological polar surface area (TPSA) is 78.5 Å². The van der Waals surface area contributed by atoms with Crippen molar-refractivity contribution in [1.29, 1.82) is 0 Å². The van der Waals surface area contributed by atoms with Gasteiger partial charge < -0.3 is 15.5 Å². The largest absolute Gasteiger partial charge is 0.354 e. The van der Waals surface area contributed by atoms with Crippen molar-refractivity contribution in [3.63, 3.8) is 0 Å². The van der Waals surface area contributed by atoms with E-state index < -0.39 is 0 Å².